The molecule has 3 amide bonds. The Balaban J connectivity index is 2.76. The number of alkyl carbamates (subject to hydrolysis) is 2. The Hall–Kier alpha value is -3.83. The van der Waals surface area contributed by atoms with Crippen molar-refractivity contribution in [1.29, 1.82) is 0 Å². The van der Waals surface area contributed by atoms with E-state index in [1.807, 2.05) is 6.07 Å². The fourth-order valence-corrected chi connectivity index (χ4v) is 2.92. The summed E-state index contributed by atoms with van der Waals surface area (Å²) in [4.78, 5) is 60.2. The summed E-state index contributed by atoms with van der Waals surface area (Å²) in [7, 11) is 1.17. The highest BCUT2D eigenvalue weighted by atomic mass is 16.6. The lowest BCUT2D eigenvalue weighted by atomic mass is 10.0. The summed E-state index contributed by atoms with van der Waals surface area (Å²) >= 11 is 0. The van der Waals surface area contributed by atoms with Crippen molar-refractivity contribution in [3.05, 3.63) is 35.9 Å². The van der Waals surface area contributed by atoms with Crippen LogP contribution < -0.4 is 16.0 Å². The van der Waals surface area contributed by atoms with Gasteiger partial charge in [-0.15, -0.1) is 0 Å². The van der Waals surface area contributed by atoms with Crippen molar-refractivity contribution in [3.63, 3.8) is 0 Å². The molecule has 0 saturated heterocycles. The zero-order valence-corrected chi connectivity index (χ0v) is 21.2. The van der Waals surface area contributed by atoms with Crippen molar-refractivity contribution in [2.45, 2.75) is 77.3 Å². The summed E-state index contributed by atoms with van der Waals surface area (Å²) in [5.41, 5.74) is -0.0561. The van der Waals surface area contributed by atoms with Crippen molar-refractivity contribution in [2.75, 3.05) is 7.11 Å². The quantitative estimate of drug-likeness (QED) is 0.243. The summed E-state index contributed by atoms with van der Waals surface area (Å²) < 4.78 is 15.0. The van der Waals surface area contributed by atoms with Crippen LogP contribution in [0.5, 0.6) is 0 Å². The van der Waals surface area contributed by atoms with E-state index in [1.165, 1.54) is 14.0 Å². The van der Waals surface area contributed by atoms with E-state index in [2.05, 4.69) is 16.0 Å². The fourth-order valence-electron chi connectivity index (χ4n) is 2.92. The van der Waals surface area contributed by atoms with Crippen molar-refractivity contribution < 1.29 is 43.3 Å². The first kappa shape index (κ1) is 30.2. The summed E-state index contributed by atoms with van der Waals surface area (Å²) in [5, 5.41) is 16.2. The largest absolute Gasteiger partial charge is 0.480 e. The van der Waals surface area contributed by atoms with Gasteiger partial charge >= 0.3 is 24.1 Å². The molecule has 36 heavy (non-hydrogen) atoms. The van der Waals surface area contributed by atoms with Crippen LogP contribution in [0, 0.1) is 0 Å². The molecular formula is C24H35N3O9. The van der Waals surface area contributed by atoms with Gasteiger partial charge in [0.25, 0.3) is 0 Å². The van der Waals surface area contributed by atoms with Gasteiger partial charge in [0.15, 0.2) is 0 Å². The Labute approximate surface area is 210 Å². The Morgan fingerprint density at radius 2 is 1.50 bits per heavy atom. The third-order valence-electron chi connectivity index (χ3n) is 4.71. The second-order valence-corrected chi connectivity index (χ2v) is 8.98. The summed E-state index contributed by atoms with van der Waals surface area (Å²) in [6.45, 7) is 6.24. The van der Waals surface area contributed by atoms with Crippen LogP contribution in [0.25, 0.3) is 0 Å². The van der Waals surface area contributed by atoms with Gasteiger partial charge in [-0.3, -0.25) is 9.59 Å². The van der Waals surface area contributed by atoms with E-state index in [0.717, 1.165) is 5.56 Å². The Bertz CT molecular complexity index is 900. The summed E-state index contributed by atoms with van der Waals surface area (Å²) in [6.07, 6.45) is -1.44. The standard InChI is InChI=1S/C24H35N3O9/c1-15(20(29)30)25-19(28)17(26-23(33)36-24(2,3)4)12-9-13-18(21(31)34-5)27-22(32)35-14-16-10-7-6-8-11-16/h6-8,10-11,15,17-18H,9,12-14H2,1-5H3,(H,25,28)(H,26,33)(H,27,32)(H,29,30)/t15-,17-,18?/m0/s1. The third-order valence-corrected chi connectivity index (χ3v) is 4.71. The molecule has 4 N–H and O–H groups in total. The van der Waals surface area contributed by atoms with Gasteiger partial charge < -0.3 is 35.3 Å². The maximum Gasteiger partial charge on any atom is 0.408 e. The Morgan fingerprint density at radius 3 is 2.06 bits per heavy atom. The fraction of sp³-hybridized carbons (Fsp3) is 0.542. The van der Waals surface area contributed by atoms with E-state index in [9.17, 15) is 24.0 Å². The van der Waals surface area contributed by atoms with E-state index >= 15 is 0 Å². The second-order valence-electron chi connectivity index (χ2n) is 8.98. The van der Waals surface area contributed by atoms with Crippen molar-refractivity contribution >= 4 is 30.0 Å². The maximum atomic E-state index is 12.6. The molecule has 1 rings (SSSR count). The molecule has 0 fully saturated rings. The van der Waals surface area contributed by atoms with Gasteiger partial charge in [-0.1, -0.05) is 30.3 Å². The predicted octanol–water partition coefficient (Wildman–Crippen LogP) is 2.11. The average Bonchev–Trinajstić information content (AvgIpc) is 2.80. The molecule has 0 heterocycles. The number of aliphatic carboxylic acids is 1. The second kappa shape index (κ2) is 14.5. The van der Waals surface area contributed by atoms with E-state index < -0.39 is 53.8 Å². The highest BCUT2D eigenvalue weighted by Crippen LogP contribution is 2.11. The minimum absolute atomic E-state index is 0.00435. The molecule has 0 aromatic heterocycles. The number of carboxylic acids is 1. The van der Waals surface area contributed by atoms with Crippen molar-refractivity contribution in [3.8, 4) is 0 Å². The van der Waals surface area contributed by atoms with Crippen LogP contribution in [0.2, 0.25) is 0 Å². The molecule has 0 saturated carbocycles. The normalized spacial score (nSPS) is 13.4. The average molecular weight is 510 g/mol. The number of hydrogen-bond donors (Lipinski definition) is 4. The molecule has 0 aliphatic carbocycles. The zero-order chi connectivity index (χ0) is 27.3. The summed E-state index contributed by atoms with van der Waals surface area (Å²) in [5.74, 6) is -2.70. The summed E-state index contributed by atoms with van der Waals surface area (Å²) in [6, 6.07) is 5.56. The lowest BCUT2D eigenvalue weighted by Crippen LogP contribution is -2.51. The van der Waals surface area contributed by atoms with Crippen LogP contribution in [0.1, 0.15) is 52.5 Å². The molecule has 0 aliphatic heterocycles. The number of methoxy groups -OCH3 is 1. The van der Waals surface area contributed by atoms with Crippen LogP contribution in [0.3, 0.4) is 0 Å². The number of carbonyl (C=O) groups excluding carboxylic acids is 4. The SMILES string of the molecule is COC(=O)C(CCC[C@H](NC(=O)OC(C)(C)C)C(=O)N[C@@H](C)C(=O)O)NC(=O)OCc1ccccc1. The van der Waals surface area contributed by atoms with Crippen LogP contribution in [-0.2, 0) is 35.2 Å². The molecular weight excluding hydrogens is 474 g/mol. The number of hydrogen-bond acceptors (Lipinski definition) is 8. The number of esters is 1. The van der Waals surface area contributed by atoms with Crippen molar-refractivity contribution in [1.82, 2.24) is 16.0 Å². The molecule has 12 heteroatoms. The molecule has 1 unspecified atom stereocenters. The number of benzene rings is 1. The van der Waals surface area contributed by atoms with Crippen LogP contribution in [0.15, 0.2) is 30.3 Å². The minimum Gasteiger partial charge on any atom is -0.480 e. The highest BCUT2D eigenvalue weighted by molar-refractivity contribution is 5.89. The molecule has 200 valence electrons. The molecule has 0 radical (unpaired) electrons. The molecule has 0 spiro atoms. The Kier molecular flexibility index (Phi) is 12.2. The van der Waals surface area contributed by atoms with Gasteiger partial charge in [0.1, 0.15) is 30.3 Å². The van der Waals surface area contributed by atoms with Gasteiger partial charge in [0.2, 0.25) is 5.91 Å². The zero-order valence-electron chi connectivity index (χ0n) is 21.2. The lowest BCUT2D eigenvalue weighted by Gasteiger charge is -2.24. The number of amides is 3. The van der Waals surface area contributed by atoms with Crippen LogP contribution in [-0.4, -0.2) is 66.0 Å². The highest BCUT2D eigenvalue weighted by Gasteiger charge is 2.28. The molecule has 1 aromatic carbocycles. The van der Waals surface area contributed by atoms with Gasteiger partial charge in [0.05, 0.1) is 7.11 Å². The van der Waals surface area contributed by atoms with E-state index in [1.54, 1.807) is 45.0 Å². The number of carbonyl (C=O) groups is 5. The number of ether oxygens (including phenoxy) is 3. The first-order chi connectivity index (χ1) is 16.8. The van der Waals surface area contributed by atoms with Gasteiger partial charge in [-0.25, -0.2) is 14.4 Å². The number of nitrogens with one attached hydrogen (secondary N) is 3. The Morgan fingerprint density at radius 1 is 0.917 bits per heavy atom. The molecule has 0 aliphatic rings. The molecule has 1 aromatic rings. The first-order valence-corrected chi connectivity index (χ1v) is 11.4. The third kappa shape index (κ3) is 12.0. The molecule has 0 bridgehead atoms. The van der Waals surface area contributed by atoms with E-state index in [0.29, 0.717) is 0 Å². The predicted molar refractivity (Wildman–Crippen MR) is 128 cm³/mol. The topological polar surface area (TPSA) is 169 Å². The lowest BCUT2D eigenvalue weighted by molar-refractivity contribution is -0.143. The van der Waals surface area contributed by atoms with Crippen LogP contribution in [0.4, 0.5) is 9.59 Å². The van der Waals surface area contributed by atoms with Gasteiger partial charge in [0, 0.05) is 0 Å². The minimum atomic E-state index is -1.25. The smallest absolute Gasteiger partial charge is 0.408 e. The van der Waals surface area contributed by atoms with E-state index in [4.69, 9.17) is 19.3 Å². The van der Waals surface area contributed by atoms with Gasteiger partial charge in [-0.2, -0.15) is 0 Å². The number of rotatable bonds is 12. The first-order valence-electron chi connectivity index (χ1n) is 11.4. The van der Waals surface area contributed by atoms with Gasteiger partial charge in [-0.05, 0) is 52.5 Å². The molecule has 3 atom stereocenters. The molecule has 12 nitrogen and oxygen atoms in total. The number of carboxylic acid groups (broad SMARTS) is 1. The monoisotopic (exact) mass is 509 g/mol. The van der Waals surface area contributed by atoms with Crippen molar-refractivity contribution in [2.24, 2.45) is 0 Å². The van der Waals surface area contributed by atoms with E-state index in [-0.39, 0.29) is 25.9 Å². The maximum absolute atomic E-state index is 12.6. The van der Waals surface area contributed by atoms with Crippen LogP contribution >= 0.6 is 0 Å².